The molecule has 0 spiro atoms. The van der Waals surface area contributed by atoms with Gasteiger partial charge >= 0.3 is 17.9 Å². The van der Waals surface area contributed by atoms with Gasteiger partial charge in [0.15, 0.2) is 0 Å². The van der Waals surface area contributed by atoms with Gasteiger partial charge in [-0.3, -0.25) is 24.5 Å². The third kappa shape index (κ3) is 2.76. The zero-order chi connectivity index (χ0) is 26.7. The van der Waals surface area contributed by atoms with Crippen molar-refractivity contribution in [2.45, 2.75) is 75.6 Å². The van der Waals surface area contributed by atoms with Crippen LogP contribution in [0.4, 0.5) is 0 Å². The molecule has 12 nitrogen and oxygen atoms in total. The van der Waals surface area contributed by atoms with Crippen LogP contribution in [0.15, 0.2) is 0 Å². The van der Waals surface area contributed by atoms with Crippen LogP contribution in [-0.4, -0.2) is 84.8 Å². The Kier molecular flexibility index (Phi) is 5.31. The number of nitrogens with zero attached hydrogens (tertiary/aromatic N) is 1. The van der Waals surface area contributed by atoms with E-state index in [1.54, 1.807) is 0 Å². The number of aliphatic hydroxyl groups is 1. The zero-order valence-electron chi connectivity index (χ0n) is 21.3. The van der Waals surface area contributed by atoms with Gasteiger partial charge in [0, 0.05) is 56.7 Å². The predicted molar refractivity (Wildman–Crippen MR) is 120 cm³/mol. The Morgan fingerprint density at radius 2 is 1.89 bits per heavy atom. The van der Waals surface area contributed by atoms with Gasteiger partial charge in [-0.2, -0.15) is 0 Å². The number of hydrogen-bond acceptors (Lipinski definition) is 11. The SMILES string of the molecule is COC[C@]12C(=O)OC3[C@H]1[C@@]1(CC[C@H]2OC(C)=O)[C@@H]2CC4[C@@H](OC(C)=O)[C@H](OC)C[C@@](O)([C@@H]42)[C@@H]3[C@@H]1[N+](=O)[O-]. The Morgan fingerprint density at radius 1 is 1.19 bits per heavy atom. The molecule has 204 valence electrons. The van der Waals surface area contributed by atoms with Gasteiger partial charge < -0.3 is 28.8 Å². The van der Waals surface area contributed by atoms with Crippen LogP contribution >= 0.6 is 0 Å². The summed E-state index contributed by atoms with van der Waals surface area (Å²) in [7, 11) is 2.90. The molecule has 0 aromatic rings. The topological polar surface area (TPSA) is 161 Å². The van der Waals surface area contributed by atoms with Crippen molar-refractivity contribution in [1.82, 2.24) is 0 Å². The second-order valence-corrected chi connectivity index (χ2v) is 11.9. The van der Waals surface area contributed by atoms with Gasteiger partial charge in [-0.1, -0.05) is 0 Å². The van der Waals surface area contributed by atoms with E-state index in [2.05, 4.69) is 0 Å². The normalized spacial score (nSPS) is 52.3. The molecule has 0 aromatic heterocycles. The highest BCUT2D eigenvalue weighted by Crippen LogP contribution is 2.80. The molecule has 5 saturated carbocycles. The first-order chi connectivity index (χ1) is 17.5. The fourth-order valence-corrected chi connectivity index (χ4v) is 10.2. The maximum atomic E-state index is 13.7. The summed E-state index contributed by atoms with van der Waals surface area (Å²) < 4.78 is 28.5. The summed E-state index contributed by atoms with van der Waals surface area (Å²) in [5, 5.41) is 25.2. The molecule has 12 heteroatoms. The Hall–Kier alpha value is -2.31. The van der Waals surface area contributed by atoms with E-state index in [-0.39, 0.29) is 42.1 Å². The summed E-state index contributed by atoms with van der Waals surface area (Å²) in [5.41, 5.74) is -3.93. The number of methoxy groups -OCH3 is 2. The first-order valence-corrected chi connectivity index (χ1v) is 12.9. The summed E-state index contributed by atoms with van der Waals surface area (Å²) in [4.78, 5) is 50.1. The number of nitro groups is 1. The number of hydrogen-bond donors (Lipinski definition) is 1. The maximum absolute atomic E-state index is 13.7. The first kappa shape index (κ1) is 25.0. The summed E-state index contributed by atoms with van der Waals surface area (Å²) in [6.45, 7) is 2.48. The molecule has 1 N–H and O–H groups in total. The van der Waals surface area contributed by atoms with E-state index in [1.165, 1.54) is 28.1 Å². The van der Waals surface area contributed by atoms with E-state index in [0.717, 1.165) is 0 Å². The zero-order valence-corrected chi connectivity index (χ0v) is 21.3. The average molecular weight is 524 g/mol. The van der Waals surface area contributed by atoms with E-state index < -0.39 is 76.6 Å². The minimum absolute atomic E-state index is 0.0234. The molecule has 37 heavy (non-hydrogen) atoms. The Morgan fingerprint density at radius 3 is 2.49 bits per heavy atom. The number of fused-ring (bicyclic) bond motifs is 1. The summed E-state index contributed by atoms with van der Waals surface area (Å²) in [5.74, 6) is -4.16. The van der Waals surface area contributed by atoms with Crippen LogP contribution in [0.5, 0.6) is 0 Å². The number of carbonyl (C=O) groups is 3. The molecule has 1 heterocycles. The van der Waals surface area contributed by atoms with Crippen molar-refractivity contribution in [1.29, 1.82) is 0 Å². The monoisotopic (exact) mass is 523 g/mol. The highest BCUT2D eigenvalue weighted by Gasteiger charge is 2.91. The molecule has 0 radical (unpaired) electrons. The van der Waals surface area contributed by atoms with E-state index in [9.17, 15) is 29.6 Å². The van der Waals surface area contributed by atoms with Crippen molar-refractivity contribution >= 4 is 17.9 Å². The minimum atomic E-state index is -1.56. The molecule has 6 rings (SSSR count). The van der Waals surface area contributed by atoms with Gasteiger partial charge in [0.05, 0.1) is 24.2 Å². The van der Waals surface area contributed by atoms with Crippen molar-refractivity contribution in [3.8, 4) is 0 Å². The van der Waals surface area contributed by atoms with Crippen LogP contribution in [0.2, 0.25) is 0 Å². The number of esters is 3. The molecule has 0 aromatic carbocycles. The van der Waals surface area contributed by atoms with Crippen molar-refractivity contribution in [2.24, 2.45) is 40.4 Å². The Balaban J connectivity index is 1.53. The fourth-order valence-electron chi connectivity index (χ4n) is 10.2. The van der Waals surface area contributed by atoms with Crippen LogP contribution in [0, 0.1) is 50.5 Å². The lowest BCUT2D eigenvalue weighted by Gasteiger charge is -2.69. The van der Waals surface area contributed by atoms with Crippen LogP contribution in [0.1, 0.15) is 39.5 Å². The van der Waals surface area contributed by atoms with Crippen molar-refractivity contribution in [3.63, 3.8) is 0 Å². The van der Waals surface area contributed by atoms with Gasteiger partial charge in [0.1, 0.15) is 23.7 Å². The van der Waals surface area contributed by atoms with Crippen molar-refractivity contribution < 1.29 is 48.1 Å². The van der Waals surface area contributed by atoms with Gasteiger partial charge in [0.2, 0.25) is 6.04 Å². The molecule has 0 amide bonds. The van der Waals surface area contributed by atoms with Crippen molar-refractivity contribution in [2.75, 3.05) is 20.8 Å². The van der Waals surface area contributed by atoms with Crippen molar-refractivity contribution in [3.05, 3.63) is 10.1 Å². The number of ether oxygens (including phenoxy) is 5. The molecule has 2 unspecified atom stereocenters. The van der Waals surface area contributed by atoms with E-state index in [0.29, 0.717) is 12.8 Å². The van der Waals surface area contributed by atoms with Gasteiger partial charge in [-0.25, -0.2) is 0 Å². The maximum Gasteiger partial charge on any atom is 0.319 e. The quantitative estimate of drug-likeness (QED) is 0.223. The second-order valence-electron chi connectivity index (χ2n) is 11.9. The standard InChI is InChI=1S/C25H33NO11/c1-10(27)35-15-5-6-23-13-7-12-16(13)25(30,8-14(34-4)18(12)36-11(2)28)17(21(23)26(31)32)19-20(23)24(15,9-33-3)22(29)37-19/h12-21,30H,5-9H2,1-4H3/t12?,13-,14-,15-,16+,17+,18-,19?,20+,21+,23-,24-,25-/m1/s1. The largest absolute Gasteiger partial charge is 0.461 e. The van der Waals surface area contributed by atoms with E-state index in [4.69, 9.17) is 23.7 Å². The lowest BCUT2D eigenvalue weighted by atomic mass is 9.36. The summed E-state index contributed by atoms with van der Waals surface area (Å²) >= 11 is 0. The van der Waals surface area contributed by atoms with E-state index >= 15 is 0 Å². The fraction of sp³-hybridized carbons (Fsp3) is 0.880. The molecular weight excluding hydrogens is 490 g/mol. The molecule has 1 saturated heterocycles. The third-order valence-corrected chi connectivity index (χ3v) is 10.9. The number of rotatable bonds is 6. The molecule has 6 fully saturated rings. The molecule has 5 aliphatic carbocycles. The second kappa shape index (κ2) is 7.86. The average Bonchev–Trinajstić information content (AvgIpc) is 3.22. The molecular formula is C25H33NO11. The highest BCUT2D eigenvalue weighted by molar-refractivity contribution is 5.83. The summed E-state index contributed by atoms with van der Waals surface area (Å²) in [6, 6.07) is -1.15. The molecule has 2 bridgehead atoms. The highest BCUT2D eigenvalue weighted by atomic mass is 16.6. The Bertz CT molecular complexity index is 1070. The van der Waals surface area contributed by atoms with Crippen LogP contribution in [0.25, 0.3) is 0 Å². The van der Waals surface area contributed by atoms with Crippen LogP contribution in [-0.2, 0) is 38.1 Å². The molecule has 6 aliphatic rings. The van der Waals surface area contributed by atoms with Gasteiger partial charge in [-0.15, -0.1) is 0 Å². The minimum Gasteiger partial charge on any atom is -0.461 e. The molecule has 1 aliphatic heterocycles. The van der Waals surface area contributed by atoms with Gasteiger partial charge in [-0.05, 0) is 31.1 Å². The molecule has 13 atom stereocenters. The van der Waals surface area contributed by atoms with Crippen LogP contribution < -0.4 is 0 Å². The smallest absolute Gasteiger partial charge is 0.319 e. The first-order valence-electron chi connectivity index (χ1n) is 12.9. The van der Waals surface area contributed by atoms with Crippen LogP contribution in [0.3, 0.4) is 0 Å². The Labute approximate surface area is 213 Å². The number of carbonyl (C=O) groups excluding carboxylic acids is 3. The lowest BCUT2D eigenvalue weighted by Crippen LogP contribution is -2.77. The lowest BCUT2D eigenvalue weighted by molar-refractivity contribution is -0.572. The third-order valence-electron chi connectivity index (χ3n) is 10.9. The van der Waals surface area contributed by atoms with E-state index in [1.807, 2.05) is 0 Å². The predicted octanol–water partition coefficient (Wildman–Crippen LogP) is 0.495. The van der Waals surface area contributed by atoms with Gasteiger partial charge in [0.25, 0.3) is 0 Å². The summed E-state index contributed by atoms with van der Waals surface area (Å²) in [6.07, 6.45) is -1.90.